The van der Waals surface area contributed by atoms with Crippen molar-refractivity contribution in [2.75, 3.05) is 25.1 Å². The van der Waals surface area contributed by atoms with E-state index >= 15 is 0 Å². The minimum Gasteiger partial charge on any atom is -0.483 e. The van der Waals surface area contributed by atoms with Gasteiger partial charge in [0.15, 0.2) is 6.61 Å². The lowest BCUT2D eigenvalue weighted by molar-refractivity contribution is -0.139. The molecule has 2 rings (SSSR count). The van der Waals surface area contributed by atoms with Crippen molar-refractivity contribution in [1.29, 1.82) is 0 Å². The number of amides is 3. The predicted molar refractivity (Wildman–Crippen MR) is 126 cm³/mol. The number of ether oxygens (including phenoxy) is 2. The number of aryl methyl sites for hydroxylation is 1. The van der Waals surface area contributed by atoms with Crippen LogP contribution in [0.1, 0.15) is 31.4 Å². The number of hydrogen-bond acceptors (Lipinski definition) is 6. The first-order valence-electron chi connectivity index (χ1n) is 10.7. The summed E-state index contributed by atoms with van der Waals surface area (Å²) in [5.41, 5.74) is 4.43. The highest BCUT2D eigenvalue weighted by atomic mass is 16.5. The molecule has 176 valence electrons. The zero-order valence-corrected chi connectivity index (χ0v) is 19.1. The number of nitrogens with zero attached hydrogens (tertiary/aromatic N) is 1. The van der Waals surface area contributed by atoms with Crippen LogP contribution in [0.25, 0.3) is 0 Å². The SMILES string of the molecule is Cc1cccc(NC(=O)COc2ccccc2/C=N\NC(=O)C(=O)NCCCOC(C)C)c1. The fourth-order valence-corrected chi connectivity index (χ4v) is 2.67. The molecule has 0 saturated heterocycles. The molecule has 3 N–H and O–H groups in total. The van der Waals surface area contributed by atoms with Crippen LogP contribution < -0.4 is 20.8 Å². The van der Waals surface area contributed by atoms with Crippen LogP contribution in [0, 0.1) is 6.92 Å². The molecule has 2 aromatic carbocycles. The van der Waals surface area contributed by atoms with Crippen LogP contribution in [0.4, 0.5) is 5.69 Å². The largest absolute Gasteiger partial charge is 0.483 e. The number of carbonyl (C=O) groups is 3. The summed E-state index contributed by atoms with van der Waals surface area (Å²) in [6.45, 7) is 6.41. The Hall–Kier alpha value is -3.72. The molecule has 0 heterocycles. The van der Waals surface area contributed by atoms with E-state index in [0.717, 1.165) is 5.56 Å². The van der Waals surface area contributed by atoms with E-state index in [9.17, 15) is 14.4 Å². The zero-order chi connectivity index (χ0) is 24.1. The molecular weight excluding hydrogens is 424 g/mol. The van der Waals surface area contributed by atoms with Crippen LogP contribution in [0.2, 0.25) is 0 Å². The smallest absolute Gasteiger partial charge is 0.329 e. The second-order valence-corrected chi connectivity index (χ2v) is 7.47. The van der Waals surface area contributed by atoms with E-state index in [0.29, 0.717) is 36.6 Å². The summed E-state index contributed by atoms with van der Waals surface area (Å²) < 4.78 is 11.0. The van der Waals surface area contributed by atoms with Crippen LogP contribution in [0.15, 0.2) is 53.6 Å². The highest BCUT2D eigenvalue weighted by Crippen LogP contribution is 2.16. The van der Waals surface area contributed by atoms with Gasteiger partial charge in [0.25, 0.3) is 5.91 Å². The maximum absolute atomic E-state index is 12.2. The van der Waals surface area contributed by atoms with Crippen molar-refractivity contribution >= 4 is 29.6 Å². The Balaban J connectivity index is 1.80. The van der Waals surface area contributed by atoms with Gasteiger partial charge < -0.3 is 20.1 Å². The molecule has 9 nitrogen and oxygen atoms in total. The Kier molecular flexibility index (Phi) is 10.6. The molecule has 0 spiro atoms. The van der Waals surface area contributed by atoms with E-state index in [2.05, 4.69) is 21.2 Å². The lowest BCUT2D eigenvalue weighted by Gasteiger charge is -2.10. The third-order valence-electron chi connectivity index (χ3n) is 4.21. The fourth-order valence-electron chi connectivity index (χ4n) is 2.67. The number of benzene rings is 2. The lowest BCUT2D eigenvalue weighted by atomic mass is 10.2. The van der Waals surface area contributed by atoms with Crippen molar-refractivity contribution in [1.82, 2.24) is 10.7 Å². The number of rotatable bonds is 11. The number of anilines is 1. The molecule has 0 bridgehead atoms. The van der Waals surface area contributed by atoms with Gasteiger partial charge in [-0.25, -0.2) is 5.43 Å². The Bertz CT molecular complexity index is 975. The quantitative estimate of drug-likeness (QED) is 0.209. The van der Waals surface area contributed by atoms with Gasteiger partial charge in [-0.15, -0.1) is 0 Å². The molecule has 2 aromatic rings. The molecule has 0 aliphatic rings. The summed E-state index contributed by atoms with van der Waals surface area (Å²) in [6.07, 6.45) is 2.06. The van der Waals surface area contributed by atoms with Crippen LogP contribution in [-0.2, 0) is 19.1 Å². The first-order chi connectivity index (χ1) is 15.8. The third kappa shape index (κ3) is 9.96. The second kappa shape index (κ2) is 13.6. The van der Waals surface area contributed by atoms with Gasteiger partial charge in [0, 0.05) is 24.4 Å². The van der Waals surface area contributed by atoms with Gasteiger partial charge in [-0.05, 0) is 57.0 Å². The molecule has 0 atom stereocenters. The van der Waals surface area contributed by atoms with Gasteiger partial charge >= 0.3 is 11.8 Å². The number of carbonyl (C=O) groups excluding carboxylic acids is 3. The summed E-state index contributed by atoms with van der Waals surface area (Å²) in [5.74, 6) is -1.57. The molecule has 0 radical (unpaired) electrons. The van der Waals surface area contributed by atoms with Crippen molar-refractivity contribution in [3.8, 4) is 5.75 Å². The molecule has 0 aromatic heterocycles. The van der Waals surface area contributed by atoms with Gasteiger partial charge in [0.05, 0.1) is 12.3 Å². The second-order valence-electron chi connectivity index (χ2n) is 7.47. The standard InChI is InChI=1S/C24H30N4O5/c1-17(2)32-13-7-12-25-23(30)24(31)28-26-15-19-9-4-5-11-21(19)33-16-22(29)27-20-10-6-8-18(3)14-20/h4-6,8-11,14-15,17H,7,12-13,16H2,1-3H3,(H,25,30)(H,27,29)(H,28,31)/b26-15-. The van der Waals surface area contributed by atoms with Crippen molar-refractivity contribution in [2.24, 2.45) is 5.10 Å². The average molecular weight is 455 g/mol. The normalized spacial score (nSPS) is 10.8. The van der Waals surface area contributed by atoms with Crippen LogP contribution >= 0.6 is 0 Å². The summed E-state index contributed by atoms with van der Waals surface area (Å²) in [7, 11) is 0. The summed E-state index contributed by atoms with van der Waals surface area (Å²) in [5, 5.41) is 9.07. The van der Waals surface area contributed by atoms with Gasteiger partial charge in [0.1, 0.15) is 5.75 Å². The first kappa shape index (κ1) is 25.5. The molecule has 3 amide bonds. The third-order valence-corrected chi connectivity index (χ3v) is 4.21. The zero-order valence-electron chi connectivity index (χ0n) is 19.1. The van der Waals surface area contributed by atoms with E-state index in [4.69, 9.17) is 9.47 Å². The molecular formula is C24H30N4O5. The summed E-state index contributed by atoms with van der Waals surface area (Å²) >= 11 is 0. The van der Waals surface area contributed by atoms with E-state index < -0.39 is 11.8 Å². The molecule has 0 aliphatic heterocycles. The lowest BCUT2D eigenvalue weighted by Crippen LogP contribution is -2.38. The number of hydrazone groups is 1. The van der Waals surface area contributed by atoms with Crippen molar-refractivity contribution < 1.29 is 23.9 Å². The van der Waals surface area contributed by atoms with Gasteiger partial charge in [-0.2, -0.15) is 5.10 Å². The van der Waals surface area contributed by atoms with E-state index in [1.807, 2.05) is 39.0 Å². The van der Waals surface area contributed by atoms with Crippen molar-refractivity contribution in [3.63, 3.8) is 0 Å². The molecule has 0 fully saturated rings. The Morgan fingerprint density at radius 2 is 1.85 bits per heavy atom. The van der Waals surface area contributed by atoms with Crippen LogP contribution in [0.3, 0.4) is 0 Å². The van der Waals surface area contributed by atoms with Crippen LogP contribution in [-0.4, -0.2) is 49.8 Å². The Morgan fingerprint density at radius 3 is 2.61 bits per heavy atom. The van der Waals surface area contributed by atoms with E-state index in [1.165, 1.54) is 6.21 Å². The highest BCUT2D eigenvalue weighted by Gasteiger charge is 2.12. The highest BCUT2D eigenvalue weighted by molar-refractivity contribution is 6.35. The summed E-state index contributed by atoms with van der Waals surface area (Å²) in [4.78, 5) is 35.8. The van der Waals surface area contributed by atoms with Crippen LogP contribution in [0.5, 0.6) is 5.75 Å². The summed E-state index contributed by atoms with van der Waals surface area (Å²) in [6, 6.07) is 14.3. The maximum atomic E-state index is 12.2. The van der Waals surface area contributed by atoms with Crippen molar-refractivity contribution in [3.05, 3.63) is 59.7 Å². The first-order valence-corrected chi connectivity index (χ1v) is 10.7. The van der Waals surface area contributed by atoms with Gasteiger partial charge in [-0.3, -0.25) is 14.4 Å². The molecule has 0 aliphatic carbocycles. The van der Waals surface area contributed by atoms with E-state index in [-0.39, 0.29) is 18.6 Å². The minimum atomic E-state index is -0.882. The predicted octanol–water partition coefficient (Wildman–Crippen LogP) is 2.39. The molecule has 0 unspecified atom stereocenters. The van der Waals surface area contributed by atoms with Gasteiger partial charge in [-0.1, -0.05) is 24.3 Å². The van der Waals surface area contributed by atoms with Gasteiger partial charge in [0.2, 0.25) is 0 Å². The topological polar surface area (TPSA) is 118 Å². The minimum absolute atomic E-state index is 0.118. The Labute approximate surface area is 193 Å². The van der Waals surface area contributed by atoms with Crippen molar-refractivity contribution in [2.45, 2.75) is 33.3 Å². The average Bonchev–Trinajstić information content (AvgIpc) is 2.77. The molecule has 0 saturated carbocycles. The molecule has 9 heteroatoms. The molecule has 33 heavy (non-hydrogen) atoms. The maximum Gasteiger partial charge on any atom is 0.329 e. The Morgan fingerprint density at radius 1 is 1.06 bits per heavy atom. The van der Waals surface area contributed by atoms with E-state index in [1.54, 1.807) is 30.3 Å². The fraction of sp³-hybridized carbons (Fsp3) is 0.333. The number of nitrogens with one attached hydrogen (secondary N) is 3. The number of para-hydroxylation sites is 1. The monoisotopic (exact) mass is 454 g/mol. The number of hydrogen-bond donors (Lipinski definition) is 3.